The van der Waals surface area contributed by atoms with Gasteiger partial charge in [-0.2, -0.15) is 8.42 Å². The summed E-state index contributed by atoms with van der Waals surface area (Å²) in [6.45, 7) is 1.69. The molecule has 1 saturated heterocycles. The van der Waals surface area contributed by atoms with Gasteiger partial charge in [0.25, 0.3) is 10.1 Å². The fourth-order valence-electron chi connectivity index (χ4n) is 2.67. The monoisotopic (exact) mass is 361 g/mol. The molecule has 7 heteroatoms. The summed E-state index contributed by atoms with van der Waals surface area (Å²) < 4.78 is 35.3. The van der Waals surface area contributed by atoms with Crippen LogP contribution in [0.2, 0.25) is 0 Å². The Bertz CT molecular complexity index is 849. The molecule has 2 atom stereocenters. The van der Waals surface area contributed by atoms with Gasteiger partial charge in [0, 0.05) is 7.05 Å². The molecule has 1 fully saturated rings. The number of nitrogens with zero attached hydrogens (tertiary/aromatic N) is 1. The van der Waals surface area contributed by atoms with E-state index in [1.165, 1.54) is 17.0 Å². The topological polar surface area (TPSA) is 72.9 Å². The third-order valence-corrected chi connectivity index (χ3v) is 5.49. The molecule has 0 spiro atoms. The summed E-state index contributed by atoms with van der Waals surface area (Å²) in [5, 5.41) is 0. The highest BCUT2D eigenvalue weighted by atomic mass is 32.2. The van der Waals surface area contributed by atoms with E-state index in [-0.39, 0.29) is 11.5 Å². The first kappa shape index (κ1) is 17.4. The van der Waals surface area contributed by atoms with Crippen LogP contribution in [0.3, 0.4) is 0 Å². The van der Waals surface area contributed by atoms with Gasteiger partial charge >= 0.3 is 6.09 Å². The molecule has 0 radical (unpaired) electrons. The van der Waals surface area contributed by atoms with Crippen LogP contribution >= 0.6 is 0 Å². The van der Waals surface area contributed by atoms with Gasteiger partial charge in [-0.15, -0.1) is 0 Å². The maximum absolute atomic E-state index is 12.4. The molecule has 0 unspecified atom stereocenters. The summed E-state index contributed by atoms with van der Waals surface area (Å²) in [5.41, 5.74) is 1.75. The Hall–Kier alpha value is -2.38. The van der Waals surface area contributed by atoms with Crippen LogP contribution in [0.5, 0.6) is 0 Å². The molecule has 0 bridgehead atoms. The van der Waals surface area contributed by atoms with Gasteiger partial charge in [-0.3, -0.25) is 4.18 Å². The van der Waals surface area contributed by atoms with E-state index >= 15 is 0 Å². The third kappa shape index (κ3) is 3.67. The lowest BCUT2D eigenvalue weighted by molar-refractivity contribution is 0.123. The van der Waals surface area contributed by atoms with Crippen molar-refractivity contribution in [2.45, 2.75) is 24.0 Å². The minimum absolute atomic E-state index is 0.0854. The maximum Gasteiger partial charge on any atom is 0.410 e. The molecule has 3 rings (SSSR count). The van der Waals surface area contributed by atoms with Crippen molar-refractivity contribution in [2.75, 3.05) is 13.7 Å². The summed E-state index contributed by atoms with van der Waals surface area (Å²) in [7, 11) is -2.34. The van der Waals surface area contributed by atoms with Crippen LogP contribution < -0.4 is 0 Å². The molecular weight excluding hydrogens is 342 g/mol. The maximum atomic E-state index is 12.4. The second kappa shape index (κ2) is 6.85. The van der Waals surface area contributed by atoms with Crippen molar-refractivity contribution in [3.8, 4) is 0 Å². The summed E-state index contributed by atoms with van der Waals surface area (Å²) in [5.74, 6) is 0. The zero-order chi connectivity index (χ0) is 18.0. The fourth-order valence-corrected chi connectivity index (χ4v) is 3.60. The minimum atomic E-state index is -3.90. The molecule has 25 heavy (non-hydrogen) atoms. The SMILES string of the molecule is Cc1ccc(S(=O)(=O)OC[C@H]2[C@@H](c3ccccc3)OC(=O)N2C)cc1. The predicted octanol–water partition coefficient (Wildman–Crippen LogP) is 2.89. The molecular formula is C18H19NO5S. The molecule has 1 aliphatic heterocycles. The fraction of sp³-hybridized carbons (Fsp3) is 0.278. The van der Waals surface area contributed by atoms with E-state index < -0.39 is 28.4 Å². The van der Waals surface area contributed by atoms with E-state index in [4.69, 9.17) is 8.92 Å². The van der Waals surface area contributed by atoms with Gasteiger partial charge < -0.3 is 9.64 Å². The number of benzene rings is 2. The number of ether oxygens (including phenoxy) is 1. The number of carbonyl (C=O) groups excluding carboxylic acids is 1. The summed E-state index contributed by atoms with van der Waals surface area (Å²) in [4.78, 5) is 13.3. The lowest BCUT2D eigenvalue weighted by Crippen LogP contribution is -2.35. The number of hydrogen-bond acceptors (Lipinski definition) is 5. The number of hydrogen-bond donors (Lipinski definition) is 0. The average Bonchev–Trinajstić information content (AvgIpc) is 2.89. The number of amides is 1. The van der Waals surface area contributed by atoms with Gasteiger partial charge in [0.1, 0.15) is 6.04 Å². The van der Waals surface area contributed by atoms with E-state index in [2.05, 4.69) is 0 Å². The normalized spacial score (nSPS) is 20.6. The molecule has 2 aromatic carbocycles. The molecule has 1 heterocycles. The first-order valence-electron chi connectivity index (χ1n) is 7.83. The molecule has 2 aromatic rings. The van der Waals surface area contributed by atoms with Crippen LogP contribution in [0, 0.1) is 6.92 Å². The smallest absolute Gasteiger partial charge is 0.410 e. The Morgan fingerprint density at radius 3 is 2.36 bits per heavy atom. The second-order valence-corrected chi connectivity index (χ2v) is 7.56. The Kier molecular flexibility index (Phi) is 4.78. The minimum Gasteiger partial charge on any atom is -0.439 e. The van der Waals surface area contributed by atoms with Crippen LogP contribution in [-0.2, 0) is 19.0 Å². The van der Waals surface area contributed by atoms with E-state index in [1.54, 1.807) is 19.2 Å². The summed E-state index contributed by atoms with van der Waals surface area (Å²) in [6.07, 6.45) is -1.08. The van der Waals surface area contributed by atoms with Crippen molar-refractivity contribution >= 4 is 16.2 Å². The van der Waals surface area contributed by atoms with Gasteiger partial charge in [0.2, 0.25) is 0 Å². The zero-order valence-electron chi connectivity index (χ0n) is 14.0. The second-order valence-electron chi connectivity index (χ2n) is 5.94. The van der Waals surface area contributed by atoms with Crippen LogP contribution in [-0.4, -0.2) is 39.1 Å². The highest BCUT2D eigenvalue weighted by molar-refractivity contribution is 7.86. The molecule has 0 aromatic heterocycles. The largest absolute Gasteiger partial charge is 0.439 e. The lowest BCUT2D eigenvalue weighted by Gasteiger charge is -2.21. The molecule has 1 aliphatic rings. The number of cyclic esters (lactones) is 1. The van der Waals surface area contributed by atoms with E-state index in [0.717, 1.165) is 11.1 Å². The molecule has 0 aliphatic carbocycles. The van der Waals surface area contributed by atoms with Gasteiger partial charge in [-0.1, -0.05) is 48.0 Å². The number of rotatable bonds is 5. The number of carbonyl (C=O) groups is 1. The van der Waals surface area contributed by atoms with Gasteiger partial charge in [-0.25, -0.2) is 4.79 Å². The third-order valence-electron chi connectivity index (χ3n) is 4.19. The van der Waals surface area contributed by atoms with E-state index in [1.807, 2.05) is 37.3 Å². The van der Waals surface area contributed by atoms with E-state index in [0.29, 0.717) is 0 Å². The Balaban J connectivity index is 1.78. The molecule has 0 N–H and O–H groups in total. The van der Waals surface area contributed by atoms with Crippen LogP contribution in [0.1, 0.15) is 17.2 Å². The molecule has 1 amide bonds. The number of aryl methyl sites for hydroxylation is 1. The molecule has 0 saturated carbocycles. The first-order chi connectivity index (χ1) is 11.9. The van der Waals surface area contributed by atoms with Crippen molar-refractivity contribution in [3.63, 3.8) is 0 Å². The Morgan fingerprint density at radius 2 is 1.72 bits per heavy atom. The average molecular weight is 361 g/mol. The number of likely N-dealkylation sites (N-methyl/N-ethyl adjacent to an activating group) is 1. The van der Waals surface area contributed by atoms with Crippen molar-refractivity contribution < 1.29 is 22.1 Å². The lowest BCUT2D eigenvalue weighted by atomic mass is 10.0. The van der Waals surface area contributed by atoms with Crippen molar-refractivity contribution in [1.29, 1.82) is 0 Å². The standard InChI is InChI=1S/C18H19NO5S/c1-13-8-10-15(11-9-13)25(21,22)23-12-16-17(24-18(20)19(16)2)14-6-4-3-5-7-14/h3-11,16-17H,12H2,1-2H3/t16-,17+/m0/s1. The van der Waals surface area contributed by atoms with Crippen molar-refractivity contribution in [1.82, 2.24) is 4.90 Å². The molecule has 6 nitrogen and oxygen atoms in total. The highest BCUT2D eigenvalue weighted by Crippen LogP contribution is 2.32. The van der Waals surface area contributed by atoms with Gasteiger partial charge in [-0.05, 0) is 24.6 Å². The van der Waals surface area contributed by atoms with Crippen LogP contribution in [0.4, 0.5) is 4.79 Å². The predicted molar refractivity (Wildman–Crippen MR) is 91.5 cm³/mol. The van der Waals surface area contributed by atoms with Crippen LogP contribution in [0.25, 0.3) is 0 Å². The van der Waals surface area contributed by atoms with E-state index in [9.17, 15) is 13.2 Å². The summed E-state index contributed by atoms with van der Waals surface area (Å²) >= 11 is 0. The van der Waals surface area contributed by atoms with Gasteiger partial charge in [0.05, 0.1) is 11.5 Å². The van der Waals surface area contributed by atoms with Crippen LogP contribution in [0.15, 0.2) is 59.5 Å². The highest BCUT2D eigenvalue weighted by Gasteiger charge is 2.41. The van der Waals surface area contributed by atoms with Crippen molar-refractivity contribution in [2.24, 2.45) is 0 Å². The Morgan fingerprint density at radius 1 is 1.08 bits per heavy atom. The quantitative estimate of drug-likeness (QED) is 0.766. The Labute approximate surface area is 147 Å². The summed E-state index contributed by atoms with van der Waals surface area (Å²) in [6, 6.07) is 15.1. The van der Waals surface area contributed by atoms with Crippen molar-refractivity contribution in [3.05, 3.63) is 65.7 Å². The zero-order valence-corrected chi connectivity index (χ0v) is 14.8. The van der Waals surface area contributed by atoms with Gasteiger partial charge in [0.15, 0.2) is 6.10 Å². The first-order valence-corrected chi connectivity index (χ1v) is 9.24. The molecule has 132 valence electrons.